The Labute approximate surface area is 158 Å². The fourth-order valence-electron chi connectivity index (χ4n) is 2.98. The summed E-state index contributed by atoms with van der Waals surface area (Å²) in [5, 5.41) is 2.89. The zero-order valence-corrected chi connectivity index (χ0v) is 15.4. The van der Waals surface area contributed by atoms with E-state index in [4.69, 9.17) is 4.74 Å². The van der Waals surface area contributed by atoms with Gasteiger partial charge in [-0.1, -0.05) is 24.3 Å². The summed E-state index contributed by atoms with van der Waals surface area (Å²) >= 11 is 0. The maximum atomic E-state index is 12.7. The molecule has 1 aromatic heterocycles. The van der Waals surface area contributed by atoms with Crippen molar-refractivity contribution in [2.45, 2.75) is 19.4 Å². The van der Waals surface area contributed by atoms with Crippen LogP contribution in [0.3, 0.4) is 0 Å². The molecule has 5 nitrogen and oxygen atoms in total. The summed E-state index contributed by atoms with van der Waals surface area (Å²) < 4.78 is 7.22. The van der Waals surface area contributed by atoms with E-state index in [9.17, 15) is 9.59 Å². The van der Waals surface area contributed by atoms with Gasteiger partial charge in [-0.15, -0.1) is 0 Å². The van der Waals surface area contributed by atoms with Crippen LogP contribution in [0, 0.1) is 0 Å². The first-order valence-corrected chi connectivity index (χ1v) is 8.74. The summed E-state index contributed by atoms with van der Waals surface area (Å²) in [6.07, 6.45) is 4.16. The van der Waals surface area contributed by atoms with Crippen LogP contribution in [0.25, 0.3) is 0 Å². The maximum Gasteiger partial charge on any atom is 0.226 e. The first kappa shape index (κ1) is 18.5. The number of benzene rings is 2. The molecule has 3 rings (SSSR count). The summed E-state index contributed by atoms with van der Waals surface area (Å²) in [5.74, 6) is 0.621. The van der Waals surface area contributed by atoms with Crippen LogP contribution >= 0.6 is 0 Å². The zero-order chi connectivity index (χ0) is 19.2. The van der Waals surface area contributed by atoms with E-state index in [2.05, 4.69) is 5.32 Å². The first-order chi connectivity index (χ1) is 13.1. The van der Waals surface area contributed by atoms with E-state index in [1.165, 1.54) is 6.92 Å². The van der Waals surface area contributed by atoms with Gasteiger partial charge in [-0.2, -0.15) is 0 Å². The number of amides is 1. The van der Waals surface area contributed by atoms with E-state index in [0.717, 1.165) is 11.3 Å². The summed E-state index contributed by atoms with van der Waals surface area (Å²) in [4.78, 5) is 24.2. The van der Waals surface area contributed by atoms with Crippen LogP contribution in [-0.2, 0) is 4.79 Å². The molecule has 0 saturated carbocycles. The first-order valence-electron chi connectivity index (χ1n) is 8.74. The number of carbonyl (C=O) groups excluding carboxylic acids is 2. The van der Waals surface area contributed by atoms with Gasteiger partial charge >= 0.3 is 0 Å². The minimum atomic E-state index is -0.137. The highest BCUT2D eigenvalue weighted by Crippen LogP contribution is 2.25. The number of ketones is 1. The van der Waals surface area contributed by atoms with Crippen LogP contribution in [0.5, 0.6) is 5.75 Å². The van der Waals surface area contributed by atoms with Crippen molar-refractivity contribution in [1.29, 1.82) is 0 Å². The van der Waals surface area contributed by atoms with E-state index in [0.29, 0.717) is 11.3 Å². The highest BCUT2D eigenvalue weighted by molar-refractivity contribution is 5.97. The van der Waals surface area contributed by atoms with Crippen LogP contribution in [0.1, 0.15) is 35.3 Å². The van der Waals surface area contributed by atoms with Gasteiger partial charge in [0, 0.05) is 23.6 Å². The lowest BCUT2D eigenvalue weighted by Gasteiger charge is -2.20. The lowest BCUT2D eigenvalue weighted by Crippen LogP contribution is -2.19. The Morgan fingerprint density at radius 3 is 2.37 bits per heavy atom. The molecule has 1 amide bonds. The fraction of sp³-hybridized carbons (Fsp3) is 0.182. The second-order valence-electron chi connectivity index (χ2n) is 6.31. The molecule has 0 radical (unpaired) electrons. The number of rotatable bonds is 7. The van der Waals surface area contributed by atoms with E-state index in [1.807, 2.05) is 53.4 Å². The lowest BCUT2D eigenvalue weighted by molar-refractivity contribution is -0.116. The minimum Gasteiger partial charge on any atom is -0.497 e. The highest BCUT2D eigenvalue weighted by Gasteiger charge is 2.18. The quantitative estimate of drug-likeness (QED) is 0.637. The summed E-state index contributed by atoms with van der Waals surface area (Å²) in [7, 11) is 1.63. The monoisotopic (exact) mass is 362 g/mol. The Morgan fingerprint density at radius 1 is 1.04 bits per heavy atom. The van der Waals surface area contributed by atoms with Crippen molar-refractivity contribution in [3.05, 3.63) is 84.2 Å². The number of nitrogens with one attached hydrogen (secondary N) is 1. The van der Waals surface area contributed by atoms with Crippen LogP contribution in [0.2, 0.25) is 0 Å². The van der Waals surface area contributed by atoms with Crippen molar-refractivity contribution in [3.63, 3.8) is 0 Å². The van der Waals surface area contributed by atoms with Crippen LogP contribution in [0.15, 0.2) is 73.1 Å². The third kappa shape index (κ3) is 4.64. The summed E-state index contributed by atoms with van der Waals surface area (Å²) in [6, 6.07) is 18.4. The third-order valence-electron chi connectivity index (χ3n) is 4.42. The fourth-order valence-corrected chi connectivity index (χ4v) is 2.98. The number of carbonyl (C=O) groups is 2. The molecule has 0 aliphatic rings. The van der Waals surface area contributed by atoms with Gasteiger partial charge in [-0.25, -0.2) is 0 Å². The predicted molar refractivity (Wildman–Crippen MR) is 105 cm³/mol. The van der Waals surface area contributed by atoms with Crippen LogP contribution in [-0.4, -0.2) is 23.4 Å². The Morgan fingerprint density at radius 2 is 1.74 bits per heavy atom. The molecule has 1 atom stereocenters. The molecule has 1 N–H and O–H groups in total. The molecule has 27 heavy (non-hydrogen) atoms. The summed E-state index contributed by atoms with van der Waals surface area (Å²) in [6.45, 7) is 1.51. The largest absolute Gasteiger partial charge is 0.497 e. The van der Waals surface area contributed by atoms with Gasteiger partial charge in [0.2, 0.25) is 5.91 Å². The molecular weight excluding hydrogens is 340 g/mol. The molecule has 0 saturated heterocycles. The van der Waals surface area contributed by atoms with Gasteiger partial charge in [-0.05, 0) is 48.9 Å². The van der Waals surface area contributed by atoms with Crippen molar-refractivity contribution in [2.75, 3.05) is 12.4 Å². The molecule has 1 unspecified atom stereocenters. The van der Waals surface area contributed by atoms with E-state index in [-0.39, 0.29) is 24.2 Å². The van der Waals surface area contributed by atoms with Gasteiger partial charge < -0.3 is 14.6 Å². The van der Waals surface area contributed by atoms with E-state index in [1.54, 1.807) is 31.4 Å². The van der Waals surface area contributed by atoms with E-state index < -0.39 is 0 Å². The van der Waals surface area contributed by atoms with Gasteiger partial charge in [0.15, 0.2) is 5.78 Å². The molecule has 3 aromatic rings. The molecule has 0 spiro atoms. The second-order valence-corrected chi connectivity index (χ2v) is 6.31. The number of aromatic nitrogens is 1. The number of hydrogen-bond donors (Lipinski definition) is 1. The molecule has 2 aromatic carbocycles. The molecule has 138 valence electrons. The number of methoxy groups -OCH3 is 1. The smallest absolute Gasteiger partial charge is 0.226 e. The Hall–Kier alpha value is -3.34. The average molecular weight is 362 g/mol. The van der Waals surface area contributed by atoms with Crippen molar-refractivity contribution in [1.82, 2.24) is 4.57 Å². The number of hydrogen-bond acceptors (Lipinski definition) is 3. The maximum absolute atomic E-state index is 12.7. The van der Waals surface area contributed by atoms with Crippen molar-refractivity contribution in [2.24, 2.45) is 0 Å². The van der Waals surface area contributed by atoms with Gasteiger partial charge in [0.1, 0.15) is 5.75 Å². The molecule has 5 heteroatoms. The van der Waals surface area contributed by atoms with Crippen molar-refractivity contribution < 1.29 is 14.3 Å². The minimum absolute atomic E-state index is 0.0328. The Kier molecular flexibility index (Phi) is 5.71. The Balaban J connectivity index is 1.78. The molecule has 0 bridgehead atoms. The molecule has 0 aliphatic heterocycles. The SMILES string of the molecule is COc1ccc(C(CC(=O)Nc2cccc(C(C)=O)c2)n2cccc2)cc1. The van der Waals surface area contributed by atoms with E-state index >= 15 is 0 Å². The number of anilines is 1. The number of Topliss-reactive ketones (excluding diaryl/α,β-unsaturated/α-hetero) is 1. The average Bonchev–Trinajstić information content (AvgIpc) is 3.21. The lowest BCUT2D eigenvalue weighted by atomic mass is 10.0. The van der Waals surface area contributed by atoms with Crippen molar-refractivity contribution in [3.8, 4) is 5.75 Å². The molecular formula is C22H22N2O3. The van der Waals surface area contributed by atoms with Crippen molar-refractivity contribution >= 4 is 17.4 Å². The molecule has 0 aliphatic carbocycles. The number of nitrogens with zero attached hydrogens (tertiary/aromatic N) is 1. The predicted octanol–water partition coefficient (Wildman–Crippen LogP) is 4.32. The standard InChI is InChI=1S/C22H22N2O3/c1-16(25)18-6-5-7-19(14-18)23-22(26)15-21(24-12-3-4-13-24)17-8-10-20(27-2)11-9-17/h3-14,21H,15H2,1-2H3,(H,23,26). The Bertz CT molecular complexity index is 915. The molecule has 1 heterocycles. The number of ether oxygens (including phenoxy) is 1. The highest BCUT2D eigenvalue weighted by atomic mass is 16.5. The topological polar surface area (TPSA) is 60.3 Å². The van der Waals surface area contributed by atoms with Crippen LogP contribution < -0.4 is 10.1 Å². The normalized spacial score (nSPS) is 11.6. The van der Waals surface area contributed by atoms with Gasteiger partial charge in [0.05, 0.1) is 19.6 Å². The zero-order valence-electron chi connectivity index (χ0n) is 15.4. The van der Waals surface area contributed by atoms with Gasteiger partial charge in [-0.3, -0.25) is 9.59 Å². The summed E-state index contributed by atoms with van der Waals surface area (Å²) in [5.41, 5.74) is 2.21. The van der Waals surface area contributed by atoms with Gasteiger partial charge in [0.25, 0.3) is 0 Å². The third-order valence-corrected chi connectivity index (χ3v) is 4.42. The van der Waals surface area contributed by atoms with Crippen LogP contribution in [0.4, 0.5) is 5.69 Å². The second kappa shape index (κ2) is 8.36. The molecule has 0 fully saturated rings.